The summed E-state index contributed by atoms with van der Waals surface area (Å²) in [5.41, 5.74) is 17.4. The third-order valence-electron chi connectivity index (χ3n) is 12.4. The predicted molar refractivity (Wildman–Crippen MR) is 268 cm³/mol. The van der Waals surface area contributed by atoms with Crippen LogP contribution < -0.4 is 0 Å². The Labute approximate surface area is 376 Å². The van der Waals surface area contributed by atoms with Crippen LogP contribution in [0.2, 0.25) is 0 Å². The van der Waals surface area contributed by atoms with Crippen LogP contribution in [0.5, 0.6) is 5.75 Å². The SMILES string of the molecule is CC(C)(C)c1cc(-c2cc(-c3cc(-c4ccccc4)cc(-c4cc(-c5cccc6c7ccccc7n(-c7ccccc7)c56)ccn4)c3)nc(-c3ccccc3O)c2)cc(C(C)(C)C)c1. The van der Waals surface area contributed by atoms with Crippen LogP contribution in [-0.4, -0.2) is 19.6 Å². The average Bonchev–Trinajstić information content (AvgIpc) is 3.66. The van der Waals surface area contributed by atoms with Gasteiger partial charge in [0.15, 0.2) is 0 Å². The highest BCUT2D eigenvalue weighted by Gasteiger charge is 2.23. The summed E-state index contributed by atoms with van der Waals surface area (Å²) in [6, 6.07) is 66.2. The summed E-state index contributed by atoms with van der Waals surface area (Å²) in [5, 5.41) is 13.7. The van der Waals surface area contributed by atoms with Crippen molar-refractivity contribution < 1.29 is 5.11 Å². The van der Waals surface area contributed by atoms with Crippen molar-refractivity contribution in [2.75, 3.05) is 0 Å². The second kappa shape index (κ2) is 16.0. The number of hydrogen-bond acceptors (Lipinski definition) is 3. The molecule has 10 aromatic rings. The van der Waals surface area contributed by atoms with E-state index in [1.807, 2.05) is 24.4 Å². The lowest BCUT2D eigenvalue weighted by atomic mass is 9.79. The molecule has 64 heavy (non-hydrogen) atoms. The summed E-state index contributed by atoms with van der Waals surface area (Å²) < 4.78 is 2.39. The van der Waals surface area contributed by atoms with Crippen molar-refractivity contribution in [2.45, 2.75) is 52.4 Å². The summed E-state index contributed by atoms with van der Waals surface area (Å²) in [5.74, 6) is 0.193. The van der Waals surface area contributed by atoms with Gasteiger partial charge < -0.3 is 9.67 Å². The number of aromatic hydroxyl groups is 1. The van der Waals surface area contributed by atoms with E-state index in [9.17, 15) is 5.11 Å². The summed E-state index contributed by atoms with van der Waals surface area (Å²) in [6.45, 7) is 13.6. The fraction of sp³-hybridized carbons (Fsp3) is 0.133. The molecule has 0 bridgehead atoms. The maximum atomic E-state index is 11.2. The molecule has 0 atom stereocenters. The molecular weight excluding hydrogens is 779 g/mol. The fourth-order valence-electron chi connectivity index (χ4n) is 8.91. The highest BCUT2D eigenvalue weighted by atomic mass is 16.3. The van der Waals surface area contributed by atoms with Gasteiger partial charge >= 0.3 is 0 Å². The summed E-state index contributed by atoms with van der Waals surface area (Å²) in [4.78, 5) is 10.4. The third kappa shape index (κ3) is 7.66. The van der Waals surface area contributed by atoms with Gasteiger partial charge in [-0.1, -0.05) is 157 Å². The molecule has 4 heteroatoms. The predicted octanol–water partition coefficient (Wildman–Crippen LogP) is 15.9. The molecule has 0 aliphatic rings. The van der Waals surface area contributed by atoms with Gasteiger partial charge in [0.1, 0.15) is 5.75 Å². The Morgan fingerprint density at radius 3 is 1.67 bits per heavy atom. The van der Waals surface area contributed by atoms with Crippen LogP contribution in [0.25, 0.3) is 94.6 Å². The monoisotopic (exact) mass is 829 g/mol. The van der Waals surface area contributed by atoms with Gasteiger partial charge in [-0.15, -0.1) is 0 Å². The van der Waals surface area contributed by atoms with Crippen molar-refractivity contribution in [1.29, 1.82) is 0 Å². The van der Waals surface area contributed by atoms with Crippen LogP contribution >= 0.6 is 0 Å². The van der Waals surface area contributed by atoms with E-state index in [2.05, 4.69) is 210 Å². The Morgan fingerprint density at radius 2 is 0.953 bits per heavy atom. The minimum atomic E-state index is -0.0590. The Bertz CT molecular complexity index is 3320. The fourth-order valence-corrected chi connectivity index (χ4v) is 8.91. The van der Waals surface area contributed by atoms with Gasteiger partial charge in [-0.2, -0.15) is 0 Å². The number of phenols is 1. The largest absolute Gasteiger partial charge is 0.507 e. The zero-order valence-corrected chi connectivity index (χ0v) is 37.3. The van der Waals surface area contributed by atoms with Gasteiger partial charge in [0.25, 0.3) is 0 Å². The molecule has 0 amide bonds. The molecule has 0 aliphatic heterocycles. The molecule has 10 rings (SSSR count). The van der Waals surface area contributed by atoms with Gasteiger partial charge in [-0.3, -0.25) is 4.98 Å². The molecule has 1 N–H and O–H groups in total. The second-order valence-corrected chi connectivity index (χ2v) is 18.9. The van der Waals surface area contributed by atoms with Crippen LogP contribution in [0.3, 0.4) is 0 Å². The first-order chi connectivity index (χ1) is 30.9. The number of phenolic OH excluding ortho intramolecular Hbond substituents is 1. The summed E-state index contributed by atoms with van der Waals surface area (Å²) >= 11 is 0. The Hall–Kier alpha value is -7.56. The number of benzene rings is 7. The van der Waals surface area contributed by atoms with E-state index in [0.29, 0.717) is 11.3 Å². The van der Waals surface area contributed by atoms with Crippen LogP contribution in [0.4, 0.5) is 0 Å². The van der Waals surface area contributed by atoms with Crippen LogP contribution in [-0.2, 0) is 10.8 Å². The maximum Gasteiger partial charge on any atom is 0.124 e. The number of pyridine rings is 2. The van der Waals surface area contributed by atoms with Crippen LogP contribution in [0.15, 0.2) is 194 Å². The van der Waals surface area contributed by atoms with E-state index in [0.717, 1.165) is 67.1 Å². The van der Waals surface area contributed by atoms with Crippen molar-refractivity contribution in [3.63, 3.8) is 0 Å². The molecule has 3 aromatic heterocycles. The number of fused-ring (bicyclic) bond motifs is 3. The molecule has 0 saturated carbocycles. The smallest absolute Gasteiger partial charge is 0.124 e. The lowest BCUT2D eigenvalue weighted by Gasteiger charge is -2.26. The normalized spacial score (nSPS) is 12.0. The highest BCUT2D eigenvalue weighted by molar-refractivity contribution is 6.13. The molecule has 0 spiro atoms. The molecule has 312 valence electrons. The van der Waals surface area contributed by atoms with E-state index in [1.165, 1.54) is 27.4 Å². The number of hydrogen-bond donors (Lipinski definition) is 1. The topological polar surface area (TPSA) is 50.9 Å². The molecule has 3 heterocycles. The lowest BCUT2D eigenvalue weighted by Crippen LogP contribution is -2.16. The number of para-hydroxylation sites is 4. The Kier molecular flexibility index (Phi) is 10.1. The van der Waals surface area contributed by atoms with E-state index in [4.69, 9.17) is 9.97 Å². The van der Waals surface area contributed by atoms with Crippen molar-refractivity contribution in [2.24, 2.45) is 0 Å². The average molecular weight is 830 g/mol. The minimum Gasteiger partial charge on any atom is -0.507 e. The molecule has 0 fully saturated rings. The molecule has 0 saturated heterocycles. The zero-order chi connectivity index (χ0) is 44.2. The van der Waals surface area contributed by atoms with E-state index in [-0.39, 0.29) is 16.6 Å². The number of aromatic nitrogens is 3. The van der Waals surface area contributed by atoms with Crippen molar-refractivity contribution in [1.82, 2.24) is 14.5 Å². The molecular formula is C60H51N3O. The Balaban J connectivity index is 1.19. The Morgan fingerprint density at radius 1 is 0.406 bits per heavy atom. The van der Waals surface area contributed by atoms with Gasteiger partial charge in [-0.25, -0.2) is 4.98 Å². The third-order valence-corrected chi connectivity index (χ3v) is 12.4. The lowest BCUT2D eigenvalue weighted by molar-refractivity contribution is 0.477. The second-order valence-electron chi connectivity index (χ2n) is 18.9. The van der Waals surface area contributed by atoms with Gasteiger partial charge in [0.2, 0.25) is 0 Å². The first-order valence-electron chi connectivity index (χ1n) is 22.1. The maximum absolute atomic E-state index is 11.2. The molecule has 0 radical (unpaired) electrons. The standard InChI is InChI=1S/C60H51N3O/c1-59(2,3)46-33-42(34-47(38-46)60(4,5)6)43-36-54(62-55(37-43)52-23-14-16-27-57(52)64)45-31-41(39-18-9-7-10-19-39)30-44(32-45)53-35-40(28-29-61-53)49-24-17-25-51-50-22-13-15-26-56(50)63(58(49)51)48-20-11-8-12-21-48/h7-38,64H,1-6H3. The number of rotatable bonds is 7. The van der Waals surface area contributed by atoms with Crippen molar-refractivity contribution in [3.05, 3.63) is 205 Å². The first kappa shape index (κ1) is 40.5. The van der Waals surface area contributed by atoms with Crippen LogP contribution in [0.1, 0.15) is 52.7 Å². The highest BCUT2D eigenvalue weighted by Crippen LogP contribution is 2.42. The van der Waals surface area contributed by atoms with Crippen molar-refractivity contribution >= 4 is 21.8 Å². The quantitative estimate of drug-likeness (QED) is 0.174. The number of nitrogens with zero attached hydrogens (tertiary/aromatic N) is 3. The van der Waals surface area contributed by atoms with E-state index < -0.39 is 0 Å². The summed E-state index contributed by atoms with van der Waals surface area (Å²) in [6.07, 6.45) is 1.93. The minimum absolute atomic E-state index is 0.0590. The van der Waals surface area contributed by atoms with Gasteiger partial charge in [0, 0.05) is 44.9 Å². The van der Waals surface area contributed by atoms with Gasteiger partial charge in [0.05, 0.1) is 28.1 Å². The molecule has 7 aromatic carbocycles. The molecule has 0 aliphatic carbocycles. The van der Waals surface area contributed by atoms with Crippen LogP contribution in [0, 0.1) is 0 Å². The first-order valence-corrected chi connectivity index (χ1v) is 22.1. The molecule has 4 nitrogen and oxygen atoms in total. The van der Waals surface area contributed by atoms with Gasteiger partial charge in [-0.05, 0) is 123 Å². The van der Waals surface area contributed by atoms with E-state index >= 15 is 0 Å². The van der Waals surface area contributed by atoms with E-state index in [1.54, 1.807) is 6.07 Å². The zero-order valence-electron chi connectivity index (χ0n) is 37.3. The van der Waals surface area contributed by atoms with Crippen molar-refractivity contribution in [3.8, 4) is 78.6 Å². The molecule has 0 unspecified atom stereocenters. The summed E-state index contributed by atoms with van der Waals surface area (Å²) in [7, 11) is 0.